The molecule has 1 aliphatic carbocycles. The Kier molecular flexibility index (Phi) is 6.72. The van der Waals surface area contributed by atoms with Crippen molar-refractivity contribution in [3.8, 4) is 11.5 Å². The van der Waals surface area contributed by atoms with Crippen LogP contribution in [0.2, 0.25) is 0 Å². The number of aryl methyl sites for hydroxylation is 2. The lowest BCUT2D eigenvalue weighted by Crippen LogP contribution is -2.40. The van der Waals surface area contributed by atoms with E-state index in [1.807, 2.05) is 12.3 Å². The van der Waals surface area contributed by atoms with Gasteiger partial charge in [-0.15, -0.1) is 0 Å². The van der Waals surface area contributed by atoms with Gasteiger partial charge in [0, 0.05) is 49.7 Å². The predicted octanol–water partition coefficient (Wildman–Crippen LogP) is 5.01. The second-order valence-corrected chi connectivity index (χ2v) is 9.55. The van der Waals surface area contributed by atoms with Gasteiger partial charge in [-0.1, -0.05) is 6.07 Å². The van der Waals surface area contributed by atoms with E-state index < -0.39 is 0 Å². The van der Waals surface area contributed by atoms with Crippen LogP contribution >= 0.6 is 12.2 Å². The number of rotatable bonds is 6. The molecule has 2 aromatic carbocycles. The fourth-order valence-electron chi connectivity index (χ4n) is 5.16. The number of fused-ring (bicyclic) bond motifs is 1. The predicted molar refractivity (Wildman–Crippen MR) is 139 cm³/mol. The van der Waals surface area contributed by atoms with Gasteiger partial charge in [0.05, 0.1) is 14.2 Å². The second-order valence-electron chi connectivity index (χ2n) is 9.16. The number of methoxy groups -OCH3 is 2. The molecule has 0 atom stereocenters. The van der Waals surface area contributed by atoms with Gasteiger partial charge in [-0.3, -0.25) is 0 Å². The molecule has 6 nitrogen and oxygen atoms in total. The summed E-state index contributed by atoms with van der Waals surface area (Å²) in [6.45, 7) is 2.60. The van der Waals surface area contributed by atoms with E-state index in [9.17, 15) is 0 Å². The normalized spacial score (nSPS) is 15.8. The lowest BCUT2D eigenvalue weighted by molar-refractivity contribution is 0.307. The summed E-state index contributed by atoms with van der Waals surface area (Å²) in [5, 5.41) is 4.29. The number of hydrogen-bond donors (Lipinski definition) is 1. The van der Waals surface area contributed by atoms with Crippen LogP contribution in [0.15, 0.2) is 48.8 Å². The third-order valence-corrected chi connectivity index (χ3v) is 7.37. The molecule has 3 aromatic rings. The Morgan fingerprint density at radius 2 is 1.76 bits per heavy atom. The minimum absolute atomic E-state index is 0.418. The van der Waals surface area contributed by atoms with E-state index in [2.05, 4.69) is 51.3 Å². The number of thiocarbonyl (C=S) groups is 1. The van der Waals surface area contributed by atoms with E-state index in [0.29, 0.717) is 5.92 Å². The summed E-state index contributed by atoms with van der Waals surface area (Å²) in [5.74, 6) is 3.16. The monoisotopic (exact) mass is 476 g/mol. The van der Waals surface area contributed by atoms with Gasteiger partial charge in [0.15, 0.2) is 5.11 Å². The molecule has 1 N–H and O–H groups in total. The first-order chi connectivity index (χ1) is 16.6. The number of ether oxygens (including phenoxy) is 2. The fraction of sp³-hybridized carbons (Fsp3) is 0.407. The lowest BCUT2D eigenvalue weighted by atomic mass is 9.96. The van der Waals surface area contributed by atoms with Crippen molar-refractivity contribution in [1.29, 1.82) is 0 Å². The molecular weight excluding hydrogens is 444 g/mol. The minimum Gasteiger partial charge on any atom is -0.497 e. The Balaban J connectivity index is 1.20. The molecule has 0 saturated carbocycles. The molecule has 0 amide bonds. The van der Waals surface area contributed by atoms with Gasteiger partial charge in [0.2, 0.25) is 0 Å². The summed E-state index contributed by atoms with van der Waals surface area (Å²) < 4.78 is 13.1. The van der Waals surface area contributed by atoms with Gasteiger partial charge >= 0.3 is 0 Å². The summed E-state index contributed by atoms with van der Waals surface area (Å²) in [7, 11) is 3.36. The summed E-state index contributed by atoms with van der Waals surface area (Å²) in [6.07, 6.45) is 9.67. The number of piperidine rings is 1. The molecule has 5 rings (SSSR count). The summed E-state index contributed by atoms with van der Waals surface area (Å²) in [6, 6.07) is 12.7. The quantitative estimate of drug-likeness (QED) is 0.505. The van der Waals surface area contributed by atoms with Crippen LogP contribution in [0, 0.1) is 0 Å². The van der Waals surface area contributed by atoms with E-state index in [1.54, 1.807) is 14.2 Å². The zero-order chi connectivity index (χ0) is 23.5. The van der Waals surface area contributed by atoms with Crippen molar-refractivity contribution in [1.82, 2.24) is 14.5 Å². The van der Waals surface area contributed by atoms with Gasteiger partial charge in [0.1, 0.15) is 17.3 Å². The smallest absolute Gasteiger partial charge is 0.173 e. The van der Waals surface area contributed by atoms with Gasteiger partial charge in [-0.05, 0) is 85.3 Å². The molecule has 2 aliphatic rings. The standard InChI is InChI=1S/C27H32N4O2S/c1-32-24-14-19(15-25(17-24)33-2)18-31-13-10-28-26(31)21-8-11-30(12-9-21)27(34)29-23-7-6-20-4-3-5-22(20)16-23/h6-7,10,13-17,21H,3-5,8-9,11-12,18H2,1-2H3,(H,29,34). The van der Waals surface area contributed by atoms with Gasteiger partial charge < -0.3 is 24.3 Å². The first-order valence-corrected chi connectivity index (χ1v) is 12.4. The molecule has 0 unspecified atom stereocenters. The summed E-state index contributed by atoms with van der Waals surface area (Å²) in [4.78, 5) is 7.02. The zero-order valence-electron chi connectivity index (χ0n) is 19.9. The first-order valence-electron chi connectivity index (χ1n) is 12.0. The molecule has 1 saturated heterocycles. The molecule has 34 heavy (non-hydrogen) atoms. The van der Waals surface area contributed by atoms with Crippen molar-refractivity contribution >= 4 is 23.0 Å². The highest BCUT2D eigenvalue weighted by atomic mass is 32.1. The van der Waals surface area contributed by atoms with Gasteiger partial charge in [-0.2, -0.15) is 0 Å². The average molecular weight is 477 g/mol. The average Bonchev–Trinajstić information content (AvgIpc) is 3.53. The Morgan fingerprint density at radius 3 is 2.50 bits per heavy atom. The largest absolute Gasteiger partial charge is 0.497 e. The zero-order valence-corrected chi connectivity index (χ0v) is 20.7. The maximum absolute atomic E-state index is 5.75. The Morgan fingerprint density at radius 1 is 1.03 bits per heavy atom. The van der Waals surface area contributed by atoms with Crippen molar-refractivity contribution in [3.05, 3.63) is 71.3 Å². The number of nitrogens with one attached hydrogen (secondary N) is 1. The highest BCUT2D eigenvalue weighted by molar-refractivity contribution is 7.80. The molecule has 0 bridgehead atoms. The molecule has 1 fully saturated rings. The number of hydrogen-bond acceptors (Lipinski definition) is 4. The van der Waals surface area contributed by atoms with Crippen molar-refractivity contribution in [2.75, 3.05) is 32.6 Å². The van der Waals surface area contributed by atoms with Crippen molar-refractivity contribution < 1.29 is 9.47 Å². The van der Waals surface area contributed by atoms with Crippen molar-refractivity contribution in [3.63, 3.8) is 0 Å². The number of imidazole rings is 1. The minimum atomic E-state index is 0.418. The van der Waals surface area contributed by atoms with Crippen LogP contribution in [0.5, 0.6) is 11.5 Å². The molecule has 1 aromatic heterocycles. The van der Waals surface area contributed by atoms with Crippen molar-refractivity contribution in [2.24, 2.45) is 0 Å². The van der Waals surface area contributed by atoms with Crippen LogP contribution in [-0.4, -0.2) is 46.9 Å². The first kappa shape index (κ1) is 22.7. The van der Waals surface area contributed by atoms with Crippen LogP contribution in [-0.2, 0) is 19.4 Å². The molecule has 1 aliphatic heterocycles. The molecule has 0 spiro atoms. The number of anilines is 1. The molecule has 7 heteroatoms. The summed E-state index contributed by atoms with van der Waals surface area (Å²) in [5.41, 5.74) is 5.19. The van der Waals surface area contributed by atoms with Crippen LogP contribution in [0.25, 0.3) is 0 Å². The second kappa shape index (κ2) is 10.1. The van der Waals surface area contributed by atoms with E-state index >= 15 is 0 Å². The van der Waals surface area contributed by atoms with E-state index in [1.165, 1.54) is 30.4 Å². The molecule has 0 radical (unpaired) electrons. The molecule has 178 valence electrons. The lowest BCUT2D eigenvalue weighted by Gasteiger charge is -2.33. The maximum atomic E-state index is 5.75. The number of nitrogens with zero attached hydrogens (tertiary/aromatic N) is 3. The van der Waals surface area contributed by atoms with Gasteiger partial charge in [0.25, 0.3) is 0 Å². The van der Waals surface area contributed by atoms with Crippen molar-refractivity contribution in [2.45, 2.75) is 44.6 Å². The third-order valence-electron chi connectivity index (χ3n) is 7.01. The number of aromatic nitrogens is 2. The van der Waals surface area contributed by atoms with E-state index in [-0.39, 0.29) is 0 Å². The molecular formula is C27H32N4O2S. The number of benzene rings is 2. The maximum Gasteiger partial charge on any atom is 0.173 e. The Labute approximate surface area is 206 Å². The highest BCUT2D eigenvalue weighted by Gasteiger charge is 2.25. The molecule has 2 heterocycles. The van der Waals surface area contributed by atoms with Crippen LogP contribution in [0.4, 0.5) is 5.69 Å². The Bertz CT molecular complexity index is 1140. The van der Waals surface area contributed by atoms with E-state index in [4.69, 9.17) is 26.7 Å². The highest BCUT2D eigenvalue weighted by Crippen LogP contribution is 2.30. The third kappa shape index (κ3) is 4.89. The van der Waals surface area contributed by atoms with Crippen LogP contribution in [0.3, 0.4) is 0 Å². The fourth-order valence-corrected chi connectivity index (χ4v) is 5.46. The Hall–Kier alpha value is -3.06. The van der Waals surface area contributed by atoms with Gasteiger partial charge in [-0.25, -0.2) is 4.98 Å². The topological polar surface area (TPSA) is 51.5 Å². The van der Waals surface area contributed by atoms with Crippen LogP contribution in [0.1, 0.15) is 47.7 Å². The summed E-state index contributed by atoms with van der Waals surface area (Å²) >= 11 is 5.75. The SMILES string of the molecule is COc1cc(Cn2ccnc2C2CCN(C(=S)Nc3ccc4c(c3)CCC4)CC2)cc(OC)c1. The number of likely N-dealkylation sites (tertiary alicyclic amines) is 1. The van der Waals surface area contributed by atoms with Crippen LogP contribution < -0.4 is 14.8 Å². The van der Waals surface area contributed by atoms with E-state index in [0.717, 1.165) is 66.2 Å².